The minimum atomic E-state index is -4.65. The molecule has 1 aromatic carbocycles. The van der Waals surface area contributed by atoms with Crippen LogP contribution in [0.1, 0.15) is 15.9 Å². The second kappa shape index (κ2) is 4.08. The Morgan fingerprint density at radius 1 is 1.40 bits per heavy atom. The van der Waals surface area contributed by atoms with Crippen LogP contribution in [0.25, 0.3) is 0 Å². The first-order valence-electron chi connectivity index (χ1n) is 3.74. The van der Waals surface area contributed by atoms with Gasteiger partial charge in [-0.15, -0.1) is 0 Å². The fourth-order valence-corrected chi connectivity index (χ4v) is 1.20. The summed E-state index contributed by atoms with van der Waals surface area (Å²) in [5.41, 5.74) is -0.0426. The molecule has 0 saturated heterocycles. The van der Waals surface area contributed by atoms with Gasteiger partial charge in [0.25, 0.3) is 5.91 Å². The van der Waals surface area contributed by atoms with E-state index in [2.05, 4.69) is 0 Å². The van der Waals surface area contributed by atoms with Gasteiger partial charge in [-0.05, 0) is 18.2 Å². The number of nitrogen functional groups attached to an aromatic ring is 1. The molecule has 0 bridgehead atoms. The van der Waals surface area contributed by atoms with Gasteiger partial charge in [0.2, 0.25) is 0 Å². The molecule has 0 saturated carbocycles. The number of carbonyl (C=O) groups is 1. The highest BCUT2D eigenvalue weighted by Gasteiger charge is 2.35. The van der Waals surface area contributed by atoms with Crippen LogP contribution in [-0.4, -0.2) is 5.91 Å². The molecular formula is C8H6ClF3N2O. The van der Waals surface area contributed by atoms with E-state index in [-0.39, 0.29) is 5.02 Å². The van der Waals surface area contributed by atoms with Crippen molar-refractivity contribution in [2.75, 3.05) is 0 Å². The van der Waals surface area contributed by atoms with E-state index in [1.54, 1.807) is 5.43 Å². The first kappa shape index (κ1) is 11.8. The summed E-state index contributed by atoms with van der Waals surface area (Å²) in [6.07, 6.45) is -4.65. The summed E-state index contributed by atoms with van der Waals surface area (Å²) < 4.78 is 37.3. The average Bonchev–Trinajstić information content (AvgIpc) is 2.15. The Balaban J connectivity index is 3.33. The van der Waals surface area contributed by atoms with Crippen molar-refractivity contribution in [2.24, 2.45) is 5.84 Å². The Kier molecular flexibility index (Phi) is 3.21. The molecular weight excluding hydrogens is 233 g/mol. The van der Waals surface area contributed by atoms with E-state index in [9.17, 15) is 18.0 Å². The first-order chi connectivity index (χ1) is 6.86. The van der Waals surface area contributed by atoms with Crippen molar-refractivity contribution in [2.45, 2.75) is 6.18 Å². The van der Waals surface area contributed by atoms with Crippen molar-refractivity contribution in [3.63, 3.8) is 0 Å². The van der Waals surface area contributed by atoms with Crippen LogP contribution in [0.15, 0.2) is 18.2 Å². The van der Waals surface area contributed by atoms with E-state index in [1.165, 1.54) is 6.07 Å². The van der Waals surface area contributed by atoms with Gasteiger partial charge in [-0.25, -0.2) is 5.84 Å². The summed E-state index contributed by atoms with van der Waals surface area (Å²) in [7, 11) is 0. The zero-order valence-electron chi connectivity index (χ0n) is 7.23. The van der Waals surface area contributed by atoms with E-state index < -0.39 is 23.2 Å². The molecule has 0 heterocycles. The predicted octanol–water partition coefficient (Wildman–Crippen LogP) is 1.96. The van der Waals surface area contributed by atoms with Gasteiger partial charge in [0.1, 0.15) is 0 Å². The molecule has 0 radical (unpaired) electrons. The van der Waals surface area contributed by atoms with Crippen molar-refractivity contribution < 1.29 is 18.0 Å². The smallest absolute Gasteiger partial charge is 0.290 e. The minimum absolute atomic E-state index is 0.101. The number of nitrogens with two attached hydrogens (primary N) is 1. The molecule has 15 heavy (non-hydrogen) atoms. The number of nitrogens with one attached hydrogen (secondary N) is 1. The zero-order chi connectivity index (χ0) is 11.6. The van der Waals surface area contributed by atoms with E-state index in [0.29, 0.717) is 6.07 Å². The molecule has 3 N–H and O–H groups in total. The molecule has 82 valence electrons. The van der Waals surface area contributed by atoms with E-state index >= 15 is 0 Å². The summed E-state index contributed by atoms with van der Waals surface area (Å²) >= 11 is 5.41. The Morgan fingerprint density at radius 3 is 2.47 bits per heavy atom. The number of alkyl halides is 3. The molecule has 0 aliphatic carbocycles. The minimum Gasteiger partial charge on any atom is -0.290 e. The van der Waals surface area contributed by atoms with Crippen molar-refractivity contribution >= 4 is 17.5 Å². The number of hydrogen-bond donors (Lipinski definition) is 2. The molecule has 0 aliphatic rings. The molecule has 0 aliphatic heterocycles. The fraction of sp³-hybridized carbons (Fsp3) is 0.125. The monoisotopic (exact) mass is 238 g/mol. The van der Waals surface area contributed by atoms with Crippen LogP contribution in [0.3, 0.4) is 0 Å². The van der Waals surface area contributed by atoms with Crippen molar-refractivity contribution in [1.82, 2.24) is 5.43 Å². The zero-order valence-corrected chi connectivity index (χ0v) is 7.99. The quantitative estimate of drug-likeness (QED) is 0.446. The highest BCUT2D eigenvalue weighted by molar-refractivity contribution is 6.30. The predicted molar refractivity (Wildman–Crippen MR) is 48.1 cm³/mol. The number of amides is 1. The van der Waals surface area contributed by atoms with E-state index in [0.717, 1.165) is 6.07 Å². The molecule has 0 aromatic heterocycles. The number of benzene rings is 1. The number of rotatable bonds is 1. The highest BCUT2D eigenvalue weighted by atomic mass is 35.5. The van der Waals surface area contributed by atoms with Crippen LogP contribution in [0.2, 0.25) is 5.02 Å². The maximum absolute atomic E-state index is 12.4. The second-order valence-electron chi connectivity index (χ2n) is 2.66. The summed E-state index contributed by atoms with van der Waals surface area (Å²) in [5.74, 6) is 3.74. The van der Waals surface area contributed by atoms with E-state index in [1.807, 2.05) is 0 Å². The lowest BCUT2D eigenvalue weighted by molar-refractivity contribution is -0.137. The first-order valence-corrected chi connectivity index (χ1v) is 4.11. The third-order valence-electron chi connectivity index (χ3n) is 1.66. The Bertz CT molecular complexity index is 392. The Labute approximate surface area is 88.0 Å². The molecule has 0 unspecified atom stereocenters. The summed E-state index contributed by atoms with van der Waals surface area (Å²) in [6.45, 7) is 0. The topological polar surface area (TPSA) is 55.1 Å². The van der Waals surface area contributed by atoms with Crippen LogP contribution in [0.4, 0.5) is 13.2 Å². The largest absolute Gasteiger partial charge is 0.417 e. The standard InChI is InChI=1S/C8H6ClF3N2O/c9-4-1-2-5(7(15)14-13)6(3-4)8(10,11)12/h1-3H,13H2,(H,14,15). The number of carbonyl (C=O) groups excluding carboxylic acids is 1. The van der Waals surface area contributed by atoms with Gasteiger partial charge in [0, 0.05) is 5.02 Å². The lowest BCUT2D eigenvalue weighted by Crippen LogP contribution is -2.31. The number of halogens is 4. The molecule has 0 fully saturated rings. The SMILES string of the molecule is NNC(=O)c1ccc(Cl)cc1C(F)(F)F. The average molecular weight is 239 g/mol. The van der Waals surface area contributed by atoms with Crippen LogP contribution >= 0.6 is 11.6 Å². The fourth-order valence-electron chi connectivity index (χ4n) is 1.03. The normalized spacial score (nSPS) is 11.3. The van der Waals surface area contributed by atoms with Gasteiger partial charge in [0.05, 0.1) is 11.1 Å². The van der Waals surface area contributed by atoms with Gasteiger partial charge in [-0.1, -0.05) is 11.6 Å². The van der Waals surface area contributed by atoms with Crippen LogP contribution < -0.4 is 11.3 Å². The van der Waals surface area contributed by atoms with Crippen LogP contribution in [-0.2, 0) is 6.18 Å². The molecule has 1 aromatic rings. The van der Waals surface area contributed by atoms with E-state index in [4.69, 9.17) is 17.4 Å². The van der Waals surface area contributed by atoms with Gasteiger partial charge in [0.15, 0.2) is 0 Å². The number of hydrogen-bond acceptors (Lipinski definition) is 2. The third-order valence-corrected chi connectivity index (χ3v) is 1.90. The molecule has 1 amide bonds. The molecule has 0 atom stereocenters. The van der Waals surface area contributed by atoms with Crippen molar-refractivity contribution in [1.29, 1.82) is 0 Å². The molecule has 3 nitrogen and oxygen atoms in total. The van der Waals surface area contributed by atoms with Crippen molar-refractivity contribution in [3.8, 4) is 0 Å². The van der Waals surface area contributed by atoms with Crippen molar-refractivity contribution in [3.05, 3.63) is 34.3 Å². The van der Waals surface area contributed by atoms with Crippen LogP contribution in [0.5, 0.6) is 0 Å². The summed E-state index contributed by atoms with van der Waals surface area (Å²) in [5, 5.41) is -0.101. The second-order valence-corrected chi connectivity index (χ2v) is 3.10. The molecule has 7 heteroatoms. The maximum Gasteiger partial charge on any atom is 0.417 e. The maximum atomic E-state index is 12.4. The van der Waals surface area contributed by atoms with Gasteiger partial charge >= 0.3 is 6.18 Å². The lowest BCUT2D eigenvalue weighted by Gasteiger charge is -2.11. The summed E-state index contributed by atoms with van der Waals surface area (Å²) in [6, 6.07) is 2.82. The van der Waals surface area contributed by atoms with Crippen LogP contribution in [0, 0.1) is 0 Å². The Hall–Kier alpha value is -1.27. The molecule has 0 spiro atoms. The Morgan fingerprint density at radius 2 is 2.00 bits per heavy atom. The highest BCUT2D eigenvalue weighted by Crippen LogP contribution is 2.33. The molecule has 1 rings (SSSR count). The van der Waals surface area contributed by atoms with Gasteiger partial charge in [-0.3, -0.25) is 10.2 Å². The summed E-state index contributed by atoms with van der Waals surface area (Å²) in [4.78, 5) is 11.0. The lowest BCUT2D eigenvalue weighted by atomic mass is 10.1. The van der Waals surface area contributed by atoms with Gasteiger partial charge < -0.3 is 0 Å². The van der Waals surface area contributed by atoms with Gasteiger partial charge in [-0.2, -0.15) is 13.2 Å². The number of hydrazine groups is 1. The third kappa shape index (κ3) is 2.60.